The predicted molar refractivity (Wildman–Crippen MR) is 81.4 cm³/mol. The lowest BCUT2D eigenvalue weighted by Gasteiger charge is -2.08. The SMILES string of the molecule is N#Cc1ccc(CNC(=O)c2ccc(Cl)cc2Br)c(F)c1. The van der Waals surface area contributed by atoms with Crippen LogP contribution in [0.15, 0.2) is 40.9 Å². The van der Waals surface area contributed by atoms with Gasteiger partial charge in [-0.3, -0.25) is 4.79 Å². The summed E-state index contributed by atoms with van der Waals surface area (Å²) in [6.07, 6.45) is 0. The van der Waals surface area contributed by atoms with Crippen molar-refractivity contribution in [2.75, 3.05) is 0 Å². The van der Waals surface area contributed by atoms with Gasteiger partial charge in [-0.05, 0) is 46.3 Å². The fourth-order valence-corrected chi connectivity index (χ4v) is 2.57. The van der Waals surface area contributed by atoms with Gasteiger partial charge in [0.2, 0.25) is 0 Å². The number of hydrogen-bond acceptors (Lipinski definition) is 2. The maximum Gasteiger partial charge on any atom is 0.252 e. The van der Waals surface area contributed by atoms with Crippen LogP contribution in [0.2, 0.25) is 5.02 Å². The van der Waals surface area contributed by atoms with Crippen LogP contribution in [0.4, 0.5) is 4.39 Å². The molecule has 1 amide bonds. The van der Waals surface area contributed by atoms with Crippen LogP contribution in [0.25, 0.3) is 0 Å². The molecular weight excluding hydrogens is 359 g/mol. The first kappa shape index (κ1) is 15.5. The lowest BCUT2D eigenvalue weighted by atomic mass is 10.1. The third kappa shape index (κ3) is 3.81. The second-order valence-electron chi connectivity index (χ2n) is 4.22. The molecule has 0 spiro atoms. The molecule has 0 atom stereocenters. The molecule has 3 nitrogen and oxygen atoms in total. The molecule has 21 heavy (non-hydrogen) atoms. The monoisotopic (exact) mass is 366 g/mol. The maximum atomic E-state index is 13.7. The number of carbonyl (C=O) groups excluding carboxylic acids is 1. The van der Waals surface area contributed by atoms with Crippen LogP contribution >= 0.6 is 27.5 Å². The average Bonchev–Trinajstić information content (AvgIpc) is 2.45. The number of nitrogens with zero attached hydrogens (tertiary/aromatic N) is 1. The lowest BCUT2D eigenvalue weighted by molar-refractivity contribution is 0.0950. The van der Waals surface area contributed by atoms with E-state index in [-0.39, 0.29) is 18.0 Å². The van der Waals surface area contributed by atoms with Crippen molar-refractivity contribution in [1.82, 2.24) is 5.32 Å². The molecule has 0 unspecified atom stereocenters. The zero-order chi connectivity index (χ0) is 15.4. The van der Waals surface area contributed by atoms with Crippen molar-refractivity contribution in [3.63, 3.8) is 0 Å². The van der Waals surface area contributed by atoms with E-state index < -0.39 is 5.82 Å². The van der Waals surface area contributed by atoms with Gasteiger partial charge in [-0.25, -0.2) is 4.39 Å². The molecule has 0 saturated carbocycles. The van der Waals surface area contributed by atoms with Gasteiger partial charge < -0.3 is 5.32 Å². The van der Waals surface area contributed by atoms with E-state index in [2.05, 4.69) is 21.2 Å². The molecule has 0 aliphatic heterocycles. The number of nitrogens with one attached hydrogen (secondary N) is 1. The van der Waals surface area contributed by atoms with Crippen molar-refractivity contribution >= 4 is 33.4 Å². The third-order valence-corrected chi connectivity index (χ3v) is 3.69. The summed E-state index contributed by atoms with van der Waals surface area (Å²) in [5.74, 6) is -0.869. The van der Waals surface area contributed by atoms with Crippen LogP contribution in [-0.2, 0) is 6.54 Å². The second kappa shape index (κ2) is 6.70. The van der Waals surface area contributed by atoms with Gasteiger partial charge in [-0.15, -0.1) is 0 Å². The van der Waals surface area contributed by atoms with Gasteiger partial charge in [0.1, 0.15) is 5.82 Å². The van der Waals surface area contributed by atoms with E-state index in [0.717, 1.165) is 6.07 Å². The van der Waals surface area contributed by atoms with Crippen molar-refractivity contribution in [2.24, 2.45) is 0 Å². The Balaban J connectivity index is 2.09. The first-order valence-corrected chi connectivity index (χ1v) is 7.10. The van der Waals surface area contributed by atoms with E-state index in [0.29, 0.717) is 20.6 Å². The number of nitriles is 1. The fraction of sp³-hybridized carbons (Fsp3) is 0.0667. The second-order valence-corrected chi connectivity index (χ2v) is 5.52. The molecule has 0 saturated heterocycles. The highest BCUT2D eigenvalue weighted by Crippen LogP contribution is 2.21. The molecule has 2 rings (SSSR count). The number of rotatable bonds is 3. The molecule has 0 fully saturated rings. The lowest BCUT2D eigenvalue weighted by Crippen LogP contribution is -2.23. The quantitative estimate of drug-likeness (QED) is 0.890. The van der Waals surface area contributed by atoms with Crippen LogP contribution in [0, 0.1) is 17.1 Å². The molecule has 0 bridgehead atoms. The van der Waals surface area contributed by atoms with Crippen LogP contribution in [-0.4, -0.2) is 5.91 Å². The molecule has 0 aromatic heterocycles. The van der Waals surface area contributed by atoms with Gasteiger partial charge in [0, 0.05) is 21.6 Å². The first-order valence-electron chi connectivity index (χ1n) is 5.93. The zero-order valence-corrected chi connectivity index (χ0v) is 13.0. The van der Waals surface area contributed by atoms with Gasteiger partial charge >= 0.3 is 0 Å². The molecule has 0 aliphatic carbocycles. The molecule has 106 valence electrons. The molecule has 0 aliphatic rings. The van der Waals surface area contributed by atoms with E-state index in [1.807, 2.05) is 6.07 Å². The Morgan fingerprint density at radius 2 is 2.10 bits per heavy atom. The Bertz CT molecular complexity index is 743. The van der Waals surface area contributed by atoms with Gasteiger partial charge in [0.25, 0.3) is 5.91 Å². The molecule has 2 aromatic rings. The smallest absolute Gasteiger partial charge is 0.252 e. The van der Waals surface area contributed by atoms with Gasteiger partial charge in [0.05, 0.1) is 17.2 Å². The summed E-state index contributed by atoms with van der Waals surface area (Å²) in [5.41, 5.74) is 0.962. The van der Waals surface area contributed by atoms with Crippen LogP contribution in [0.5, 0.6) is 0 Å². The van der Waals surface area contributed by atoms with Gasteiger partial charge in [0.15, 0.2) is 0 Å². The molecule has 0 radical (unpaired) electrons. The summed E-state index contributed by atoms with van der Waals surface area (Å²) in [6.45, 7) is 0.0332. The van der Waals surface area contributed by atoms with Crippen molar-refractivity contribution in [1.29, 1.82) is 5.26 Å². The molecular formula is C15H9BrClFN2O. The number of amides is 1. The van der Waals surface area contributed by atoms with Crippen LogP contribution in [0.3, 0.4) is 0 Å². The Morgan fingerprint density at radius 1 is 1.33 bits per heavy atom. The van der Waals surface area contributed by atoms with E-state index >= 15 is 0 Å². The summed E-state index contributed by atoms with van der Waals surface area (Å²) in [6, 6.07) is 10.8. The third-order valence-electron chi connectivity index (χ3n) is 2.80. The molecule has 6 heteroatoms. The summed E-state index contributed by atoms with van der Waals surface area (Å²) in [5, 5.41) is 11.8. The fourth-order valence-electron chi connectivity index (χ4n) is 1.70. The van der Waals surface area contributed by atoms with Crippen molar-refractivity contribution in [3.05, 3.63) is 68.4 Å². The van der Waals surface area contributed by atoms with Crippen molar-refractivity contribution < 1.29 is 9.18 Å². The minimum Gasteiger partial charge on any atom is -0.348 e. The molecule has 0 heterocycles. The Morgan fingerprint density at radius 3 is 2.71 bits per heavy atom. The van der Waals surface area contributed by atoms with E-state index in [1.54, 1.807) is 18.2 Å². The number of carbonyl (C=O) groups is 1. The topological polar surface area (TPSA) is 52.9 Å². The number of benzene rings is 2. The van der Waals surface area contributed by atoms with Gasteiger partial charge in [-0.2, -0.15) is 5.26 Å². The summed E-state index contributed by atoms with van der Waals surface area (Å²) in [4.78, 5) is 12.0. The Kier molecular flexibility index (Phi) is 4.94. The maximum absolute atomic E-state index is 13.7. The highest BCUT2D eigenvalue weighted by Gasteiger charge is 2.11. The Hall–Kier alpha value is -1.90. The predicted octanol–water partition coefficient (Wildman–Crippen LogP) is 4.04. The van der Waals surface area contributed by atoms with Gasteiger partial charge in [-0.1, -0.05) is 17.7 Å². The van der Waals surface area contributed by atoms with Crippen LogP contribution < -0.4 is 5.32 Å². The summed E-state index contributed by atoms with van der Waals surface area (Å²) >= 11 is 9.06. The average molecular weight is 368 g/mol. The standard InChI is InChI=1S/C15H9BrClFN2O/c16-13-6-11(17)3-4-12(13)15(21)20-8-10-2-1-9(7-19)5-14(10)18/h1-6H,8H2,(H,20,21). The first-order chi connectivity index (χ1) is 10.0. The van der Waals surface area contributed by atoms with E-state index in [4.69, 9.17) is 16.9 Å². The highest BCUT2D eigenvalue weighted by molar-refractivity contribution is 9.10. The number of hydrogen-bond donors (Lipinski definition) is 1. The Labute approximate surface area is 134 Å². The van der Waals surface area contributed by atoms with Crippen molar-refractivity contribution in [2.45, 2.75) is 6.54 Å². The zero-order valence-electron chi connectivity index (χ0n) is 10.7. The molecule has 2 aromatic carbocycles. The van der Waals surface area contributed by atoms with Crippen LogP contribution in [0.1, 0.15) is 21.5 Å². The van der Waals surface area contributed by atoms with E-state index in [1.165, 1.54) is 12.1 Å². The van der Waals surface area contributed by atoms with E-state index in [9.17, 15) is 9.18 Å². The minimum absolute atomic E-state index is 0.0332. The number of halogens is 3. The molecule has 1 N–H and O–H groups in total. The summed E-state index contributed by atoms with van der Waals surface area (Å²) < 4.78 is 14.3. The summed E-state index contributed by atoms with van der Waals surface area (Å²) in [7, 11) is 0. The minimum atomic E-state index is -0.524. The van der Waals surface area contributed by atoms with Crippen molar-refractivity contribution in [3.8, 4) is 6.07 Å². The highest BCUT2D eigenvalue weighted by atomic mass is 79.9. The largest absolute Gasteiger partial charge is 0.348 e. The normalized spacial score (nSPS) is 10.0.